The third kappa shape index (κ3) is 3.88. The number of methoxy groups -OCH3 is 1. The quantitative estimate of drug-likeness (QED) is 0.896. The average Bonchev–Trinajstić information content (AvgIpc) is 2.52. The first-order chi connectivity index (χ1) is 10.2. The van der Waals surface area contributed by atoms with Crippen LogP contribution in [0, 0.1) is 5.92 Å². The average molecular weight is 292 g/mol. The van der Waals surface area contributed by atoms with E-state index in [1.807, 2.05) is 23.1 Å². The van der Waals surface area contributed by atoms with Crippen LogP contribution in [0.15, 0.2) is 24.3 Å². The summed E-state index contributed by atoms with van der Waals surface area (Å²) in [5.41, 5.74) is 5.82. The molecule has 5 nitrogen and oxygen atoms in total. The molecule has 1 fully saturated rings. The third-order valence-corrected chi connectivity index (χ3v) is 4.08. The predicted molar refractivity (Wildman–Crippen MR) is 81.4 cm³/mol. The standard InChI is InChI=1S/C16H24N2O3/c1-12-5-4-8-18(15(12)10-17)16(19)11-21-14-7-3-6-13(9-14)20-2/h3,6-7,9,12,15H,4-5,8,10-11,17H2,1-2H3/t12-,15-/m1/s1. The van der Waals surface area contributed by atoms with E-state index in [4.69, 9.17) is 15.2 Å². The topological polar surface area (TPSA) is 64.8 Å². The van der Waals surface area contributed by atoms with Gasteiger partial charge in [-0.1, -0.05) is 13.0 Å². The van der Waals surface area contributed by atoms with Crippen molar-refractivity contribution in [2.24, 2.45) is 11.7 Å². The molecule has 1 heterocycles. The van der Waals surface area contributed by atoms with Gasteiger partial charge < -0.3 is 20.1 Å². The number of likely N-dealkylation sites (tertiary alicyclic amines) is 1. The van der Waals surface area contributed by atoms with Gasteiger partial charge in [-0.3, -0.25) is 4.79 Å². The normalized spacial score (nSPS) is 22.0. The molecule has 5 heteroatoms. The minimum absolute atomic E-state index is 0.000167. The molecule has 2 rings (SSSR count). The van der Waals surface area contributed by atoms with Crippen LogP contribution in [0.1, 0.15) is 19.8 Å². The first-order valence-electron chi connectivity index (χ1n) is 7.42. The maximum Gasteiger partial charge on any atom is 0.260 e. The van der Waals surface area contributed by atoms with Gasteiger partial charge in [-0.2, -0.15) is 0 Å². The molecule has 0 radical (unpaired) electrons. The van der Waals surface area contributed by atoms with Gasteiger partial charge in [-0.15, -0.1) is 0 Å². The van der Waals surface area contributed by atoms with E-state index in [1.165, 1.54) is 0 Å². The summed E-state index contributed by atoms with van der Waals surface area (Å²) in [6, 6.07) is 7.39. The molecule has 1 amide bonds. The molecule has 0 aromatic heterocycles. The highest BCUT2D eigenvalue weighted by molar-refractivity contribution is 5.78. The summed E-state index contributed by atoms with van der Waals surface area (Å²) in [4.78, 5) is 14.2. The molecule has 116 valence electrons. The fourth-order valence-corrected chi connectivity index (χ4v) is 2.84. The van der Waals surface area contributed by atoms with Crippen LogP contribution in [0.4, 0.5) is 0 Å². The van der Waals surface area contributed by atoms with Crippen molar-refractivity contribution in [3.05, 3.63) is 24.3 Å². The Morgan fingerprint density at radius 2 is 2.19 bits per heavy atom. The van der Waals surface area contributed by atoms with Crippen molar-refractivity contribution in [2.75, 3.05) is 26.8 Å². The number of hydrogen-bond donors (Lipinski definition) is 1. The number of carbonyl (C=O) groups is 1. The molecule has 0 spiro atoms. The summed E-state index contributed by atoms with van der Waals surface area (Å²) in [6.45, 7) is 3.47. The lowest BCUT2D eigenvalue weighted by molar-refractivity contribution is -0.138. The Morgan fingerprint density at radius 1 is 1.43 bits per heavy atom. The van der Waals surface area contributed by atoms with Crippen LogP contribution >= 0.6 is 0 Å². The highest BCUT2D eigenvalue weighted by Gasteiger charge is 2.30. The number of carbonyl (C=O) groups excluding carboxylic acids is 1. The van der Waals surface area contributed by atoms with Gasteiger partial charge in [-0.25, -0.2) is 0 Å². The van der Waals surface area contributed by atoms with Crippen molar-refractivity contribution in [1.29, 1.82) is 0 Å². The lowest BCUT2D eigenvalue weighted by atomic mass is 9.91. The zero-order chi connectivity index (χ0) is 15.2. The van der Waals surface area contributed by atoms with Crippen molar-refractivity contribution in [1.82, 2.24) is 4.90 Å². The van der Waals surface area contributed by atoms with E-state index < -0.39 is 0 Å². The van der Waals surface area contributed by atoms with E-state index in [1.54, 1.807) is 13.2 Å². The van der Waals surface area contributed by atoms with Gasteiger partial charge in [0.25, 0.3) is 5.91 Å². The highest BCUT2D eigenvalue weighted by Crippen LogP contribution is 2.23. The van der Waals surface area contributed by atoms with Crippen molar-refractivity contribution in [2.45, 2.75) is 25.8 Å². The first kappa shape index (κ1) is 15.6. The van der Waals surface area contributed by atoms with Gasteiger partial charge in [0, 0.05) is 25.2 Å². The Labute approximate surface area is 126 Å². The first-order valence-corrected chi connectivity index (χ1v) is 7.42. The molecule has 2 N–H and O–H groups in total. The number of nitrogens with two attached hydrogens (primary N) is 1. The molecule has 0 saturated carbocycles. The summed E-state index contributed by atoms with van der Waals surface area (Å²) in [5.74, 6) is 1.80. The summed E-state index contributed by atoms with van der Waals surface area (Å²) in [5, 5.41) is 0. The summed E-state index contributed by atoms with van der Waals surface area (Å²) < 4.78 is 10.7. The van der Waals surface area contributed by atoms with Crippen LogP contribution in [-0.2, 0) is 4.79 Å². The van der Waals surface area contributed by atoms with E-state index >= 15 is 0 Å². The Kier molecular flexibility index (Phi) is 5.44. The Hall–Kier alpha value is -1.75. The number of nitrogens with zero attached hydrogens (tertiary/aromatic N) is 1. The fraction of sp³-hybridized carbons (Fsp3) is 0.562. The third-order valence-electron chi connectivity index (χ3n) is 4.08. The monoisotopic (exact) mass is 292 g/mol. The van der Waals surface area contributed by atoms with Crippen molar-refractivity contribution in [3.63, 3.8) is 0 Å². The summed E-state index contributed by atoms with van der Waals surface area (Å²) in [7, 11) is 1.60. The second-order valence-electron chi connectivity index (χ2n) is 5.48. The Bertz CT molecular complexity index is 478. The largest absolute Gasteiger partial charge is 0.497 e. The Balaban J connectivity index is 1.94. The van der Waals surface area contributed by atoms with Crippen LogP contribution in [0.3, 0.4) is 0 Å². The fourth-order valence-electron chi connectivity index (χ4n) is 2.84. The second-order valence-corrected chi connectivity index (χ2v) is 5.48. The van der Waals surface area contributed by atoms with Crippen LogP contribution in [-0.4, -0.2) is 43.7 Å². The van der Waals surface area contributed by atoms with E-state index in [0.717, 1.165) is 19.4 Å². The van der Waals surface area contributed by atoms with Gasteiger partial charge in [0.2, 0.25) is 0 Å². The van der Waals surface area contributed by atoms with Gasteiger partial charge in [0.15, 0.2) is 6.61 Å². The number of amides is 1. The molecule has 1 aliphatic rings. The van der Waals surface area contributed by atoms with Crippen LogP contribution in [0.25, 0.3) is 0 Å². The maximum atomic E-state index is 12.4. The second kappa shape index (κ2) is 7.31. The van der Waals surface area contributed by atoms with Crippen molar-refractivity contribution in [3.8, 4) is 11.5 Å². The van der Waals surface area contributed by atoms with Gasteiger partial charge in [0.05, 0.1) is 7.11 Å². The molecule has 1 saturated heterocycles. The molecule has 0 aliphatic carbocycles. The zero-order valence-corrected chi connectivity index (χ0v) is 12.7. The van der Waals surface area contributed by atoms with Gasteiger partial charge in [-0.05, 0) is 30.9 Å². The molecule has 1 aromatic rings. The lowest BCUT2D eigenvalue weighted by Crippen LogP contribution is -2.52. The van der Waals surface area contributed by atoms with E-state index in [0.29, 0.717) is 24.0 Å². The Morgan fingerprint density at radius 3 is 2.90 bits per heavy atom. The molecular formula is C16H24N2O3. The SMILES string of the molecule is COc1cccc(OCC(=O)N2CCC[C@@H](C)[C@H]2CN)c1. The molecule has 0 bridgehead atoms. The minimum atomic E-state index is -0.000167. The van der Waals surface area contributed by atoms with Gasteiger partial charge in [0.1, 0.15) is 11.5 Å². The summed E-state index contributed by atoms with van der Waals surface area (Å²) >= 11 is 0. The molecule has 1 aromatic carbocycles. The van der Waals surface area contributed by atoms with Gasteiger partial charge >= 0.3 is 0 Å². The number of ether oxygens (including phenoxy) is 2. The number of rotatable bonds is 5. The number of piperidine rings is 1. The van der Waals surface area contributed by atoms with E-state index in [2.05, 4.69) is 6.92 Å². The summed E-state index contributed by atoms with van der Waals surface area (Å²) in [6.07, 6.45) is 2.16. The smallest absolute Gasteiger partial charge is 0.260 e. The predicted octanol–water partition coefficient (Wildman–Crippen LogP) is 1.66. The zero-order valence-electron chi connectivity index (χ0n) is 12.7. The highest BCUT2D eigenvalue weighted by atomic mass is 16.5. The number of hydrogen-bond acceptors (Lipinski definition) is 4. The minimum Gasteiger partial charge on any atom is -0.497 e. The molecular weight excluding hydrogens is 268 g/mol. The molecule has 21 heavy (non-hydrogen) atoms. The lowest BCUT2D eigenvalue weighted by Gasteiger charge is -2.39. The number of benzene rings is 1. The van der Waals surface area contributed by atoms with E-state index in [-0.39, 0.29) is 18.6 Å². The van der Waals surface area contributed by atoms with E-state index in [9.17, 15) is 4.79 Å². The van der Waals surface area contributed by atoms with Crippen LogP contribution < -0.4 is 15.2 Å². The maximum absolute atomic E-state index is 12.4. The van der Waals surface area contributed by atoms with Crippen LogP contribution in [0.2, 0.25) is 0 Å². The van der Waals surface area contributed by atoms with Crippen molar-refractivity contribution < 1.29 is 14.3 Å². The van der Waals surface area contributed by atoms with Crippen molar-refractivity contribution >= 4 is 5.91 Å². The molecule has 2 atom stereocenters. The van der Waals surface area contributed by atoms with Crippen LogP contribution in [0.5, 0.6) is 11.5 Å². The molecule has 0 unspecified atom stereocenters. The molecule has 1 aliphatic heterocycles.